The number of rotatable bonds is 7. The molecular formula is C15H16N4O2S2. The molecule has 0 aliphatic carbocycles. The monoisotopic (exact) mass is 348 g/mol. The van der Waals surface area contributed by atoms with Crippen molar-refractivity contribution in [1.82, 2.24) is 20.1 Å². The van der Waals surface area contributed by atoms with Gasteiger partial charge in [0.05, 0.1) is 18.6 Å². The first-order valence-electron chi connectivity index (χ1n) is 7.05. The Morgan fingerprint density at radius 2 is 2.30 bits per heavy atom. The van der Waals surface area contributed by atoms with Crippen molar-refractivity contribution < 1.29 is 9.21 Å². The van der Waals surface area contributed by atoms with Gasteiger partial charge in [-0.05, 0) is 23.6 Å². The first-order valence-corrected chi connectivity index (χ1v) is 8.91. The molecule has 0 fully saturated rings. The minimum Gasteiger partial charge on any atom is -0.467 e. The topological polar surface area (TPSA) is 73.0 Å². The number of carbonyl (C=O) groups is 1. The molecule has 1 N–H and O–H groups in total. The maximum Gasteiger partial charge on any atom is 0.230 e. The summed E-state index contributed by atoms with van der Waals surface area (Å²) in [7, 11) is 1.92. The van der Waals surface area contributed by atoms with E-state index in [4.69, 9.17) is 4.42 Å². The maximum atomic E-state index is 11.9. The number of furan rings is 1. The van der Waals surface area contributed by atoms with Gasteiger partial charge in [0.1, 0.15) is 11.6 Å². The molecule has 3 heterocycles. The molecule has 0 spiro atoms. The molecule has 3 rings (SSSR count). The van der Waals surface area contributed by atoms with E-state index in [1.54, 1.807) is 23.7 Å². The van der Waals surface area contributed by atoms with E-state index in [1.165, 1.54) is 16.6 Å². The number of aromatic nitrogens is 3. The summed E-state index contributed by atoms with van der Waals surface area (Å²) in [6.45, 7) is 0.398. The third kappa shape index (κ3) is 4.23. The Bertz CT molecular complexity index is 751. The molecule has 120 valence electrons. The Labute approximate surface area is 141 Å². The van der Waals surface area contributed by atoms with Crippen LogP contribution < -0.4 is 5.32 Å². The second-order valence-electron chi connectivity index (χ2n) is 4.86. The molecule has 0 bridgehead atoms. The van der Waals surface area contributed by atoms with E-state index in [9.17, 15) is 4.79 Å². The molecule has 0 aromatic carbocycles. The van der Waals surface area contributed by atoms with Crippen LogP contribution in [0.4, 0.5) is 0 Å². The lowest BCUT2D eigenvalue weighted by atomic mass is 10.3. The maximum absolute atomic E-state index is 11.9. The molecule has 3 aromatic rings. The number of carbonyl (C=O) groups excluding carboxylic acids is 1. The molecular weight excluding hydrogens is 332 g/mol. The van der Waals surface area contributed by atoms with Crippen LogP contribution in [0, 0.1) is 0 Å². The van der Waals surface area contributed by atoms with Gasteiger partial charge in [-0.25, -0.2) is 0 Å². The fourth-order valence-electron chi connectivity index (χ4n) is 1.97. The summed E-state index contributed by atoms with van der Waals surface area (Å²) in [5, 5.41) is 14.0. The van der Waals surface area contributed by atoms with Crippen LogP contribution in [0.5, 0.6) is 0 Å². The number of thioether (sulfide) groups is 1. The van der Waals surface area contributed by atoms with Crippen molar-refractivity contribution in [2.75, 3.05) is 5.75 Å². The minimum atomic E-state index is -0.0609. The SMILES string of the molecule is Cn1c(Cc2cccs2)nnc1SCC(=O)NCc1ccco1. The van der Waals surface area contributed by atoms with E-state index < -0.39 is 0 Å². The molecule has 0 saturated heterocycles. The third-order valence-corrected chi connectivity index (χ3v) is 5.11. The Kier molecular flexibility index (Phi) is 5.14. The molecule has 3 aromatic heterocycles. The summed E-state index contributed by atoms with van der Waals surface area (Å²) in [4.78, 5) is 13.1. The lowest BCUT2D eigenvalue weighted by Gasteiger charge is -2.04. The van der Waals surface area contributed by atoms with Crippen molar-refractivity contribution in [3.05, 3.63) is 52.4 Å². The minimum absolute atomic E-state index is 0.0609. The zero-order chi connectivity index (χ0) is 16.1. The normalized spacial score (nSPS) is 10.8. The highest BCUT2D eigenvalue weighted by Gasteiger charge is 2.12. The van der Waals surface area contributed by atoms with Crippen LogP contribution in [0.1, 0.15) is 16.5 Å². The molecule has 0 radical (unpaired) electrons. The number of nitrogens with one attached hydrogen (secondary N) is 1. The van der Waals surface area contributed by atoms with Gasteiger partial charge in [0.25, 0.3) is 0 Å². The zero-order valence-electron chi connectivity index (χ0n) is 12.6. The lowest BCUT2D eigenvalue weighted by Crippen LogP contribution is -2.24. The number of thiophene rings is 1. The number of nitrogens with zero attached hydrogens (tertiary/aromatic N) is 3. The summed E-state index contributed by atoms with van der Waals surface area (Å²) in [5.74, 6) is 1.87. The van der Waals surface area contributed by atoms with Gasteiger partial charge < -0.3 is 14.3 Å². The van der Waals surface area contributed by atoms with E-state index in [-0.39, 0.29) is 5.91 Å². The number of amides is 1. The van der Waals surface area contributed by atoms with E-state index in [0.29, 0.717) is 12.3 Å². The van der Waals surface area contributed by atoms with Crippen molar-refractivity contribution >= 4 is 29.0 Å². The average molecular weight is 348 g/mol. The van der Waals surface area contributed by atoms with Gasteiger partial charge in [0, 0.05) is 18.3 Å². The van der Waals surface area contributed by atoms with Gasteiger partial charge in [0.2, 0.25) is 5.91 Å². The highest BCUT2D eigenvalue weighted by atomic mass is 32.2. The summed E-state index contributed by atoms with van der Waals surface area (Å²) < 4.78 is 7.11. The largest absolute Gasteiger partial charge is 0.467 e. The predicted octanol–water partition coefficient (Wildman–Crippen LogP) is 2.47. The van der Waals surface area contributed by atoms with Crippen molar-refractivity contribution in [2.24, 2.45) is 7.05 Å². The van der Waals surface area contributed by atoms with E-state index in [1.807, 2.05) is 29.1 Å². The van der Waals surface area contributed by atoms with Crippen LogP contribution in [-0.4, -0.2) is 26.4 Å². The van der Waals surface area contributed by atoms with Crippen LogP contribution in [0.3, 0.4) is 0 Å². The Balaban J connectivity index is 1.50. The predicted molar refractivity (Wildman–Crippen MR) is 89.4 cm³/mol. The Hall–Kier alpha value is -2.06. The van der Waals surface area contributed by atoms with Gasteiger partial charge in [-0.3, -0.25) is 4.79 Å². The van der Waals surface area contributed by atoms with Crippen molar-refractivity contribution in [2.45, 2.75) is 18.1 Å². The van der Waals surface area contributed by atoms with Crippen LogP contribution in [0.2, 0.25) is 0 Å². The van der Waals surface area contributed by atoms with Crippen molar-refractivity contribution in [3.8, 4) is 0 Å². The number of hydrogen-bond donors (Lipinski definition) is 1. The van der Waals surface area contributed by atoms with Crippen molar-refractivity contribution in [3.63, 3.8) is 0 Å². The quantitative estimate of drug-likeness (QED) is 0.664. The van der Waals surface area contributed by atoms with Crippen LogP contribution in [-0.2, 0) is 24.8 Å². The smallest absolute Gasteiger partial charge is 0.230 e. The van der Waals surface area contributed by atoms with E-state index >= 15 is 0 Å². The van der Waals surface area contributed by atoms with Crippen LogP contribution in [0.25, 0.3) is 0 Å². The molecule has 6 nitrogen and oxygen atoms in total. The lowest BCUT2D eigenvalue weighted by molar-refractivity contribution is -0.118. The first-order chi connectivity index (χ1) is 11.2. The molecule has 0 aliphatic heterocycles. The molecule has 1 amide bonds. The molecule has 23 heavy (non-hydrogen) atoms. The summed E-state index contributed by atoms with van der Waals surface area (Å²) >= 11 is 3.07. The van der Waals surface area contributed by atoms with Gasteiger partial charge in [-0.2, -0.15) is 0 Å². The average Bonchev–Trinajstić information content (AvgIpc) is 3.29. The van der Waals surface area contributed by atoms with Crippen LogP contribution >= 0.6 is 23.1 Å². The van der Waals surface area contributed by atoms with E-state index in [2.05, 4.69) is 21.6 Å². The second-order valence-corrected chi connectivity index (χ2v) is 6.83. The molecule has 0 unspecified atom stereocenters. The Morgan fingerprint density at radius 1 is 1.39 bits per heavy atom. The van der Waals surface area contributed by atoms with Gasteiger partial charge in [-0.1, -0.05) is 17.8 Å². The number of hydrogen-bond acceptors (Lipinski definition) is 6. The fourth-order valence-corrected chi connectivity index (χ4v) is 3.44. The summed E-state index contributed by atoms with van der Waals surface area (Å²) in [6.07, 6.45) is 2.34. The highest BCUT2D eigenvalue weighted by molar-refractivity contribution is 7.99. The fraction of sp³-hybridized carbons (Fsp3) is 0.267. The second kappa shape index (κ2) is 7.47. The Morgan fingerprint density at radius 3 is 3.04 bits per heavy atom. The molecule has 0 aliphatic rings. The van der Waals surface area contributed by atoms with Gasteiger partial charge in [-0.15, -0.1) is 21.5 Å². The summed E-state index contributed by atoms with van der Waals surface area (Å²) in [6, 6.07) is 7.72. The highest BCUT2D eigenvalue weighted by Crippen LogP contribution is 2.18. The summed E-state index contributed by atoms with van der Waals surface area (Å²) in [5.41, 5.74) is 0. The molecule has 0 saturated carbocycles. The molecule has 0 atom stereocenters. The first kappa shape index (κ1) is 15.8. The van der Waals surface area contributed by atoms with Crippen LogP contribution in [0.15, 0.2) is 45.5 Å². The van der Waals surface area contributed by atoms with E-state index in [0.717, 1.165) is 23.2 Å². The van der Waals surface area contributed by atoms with Gasteiger partial charge in [0.15, 0.2) is 5.16 Å². The zero-order valence-corrected chi connectivity index (χ0v) is 14.2. The molecule has 8 heteroatoms. The van der Waals surface area contributed by atoms with Gasteiger partial charge >= 0.3 is 0 Å². The van der Waals surface area contributed by atoms with Crippen molar-refractivity contribution in [1.29, 1.82) is 0 Å². The standard InChI is InChI=1S/C15H16N4O2S2/c1-19-13(8-12-5-3-7-22-12)17-18-15(19)23-10-14(20)16-9-11-4-2-6-21-11/h2-7H,8-10H2,1H3,(H,16,20). The third-order valence-electron chi connectivity index (χ3n) is 3.21.